The van der Waals surface area contributed by atoms with E-state index in [2.05, 4.69) is 0 Å². The van der Waals surface area contributed by atoms with Gasteiger partial charge in [0.25, 0.3) is 5.91 Å². The van der Waals surface area contributed by atoms with Crippen molar-refractivity contribution in [2.45, 2.75) is 33.1 Å². The van der Waals surface area contributed by atoms with Crippen molar-refractivity contribution in [3.8, 4) is 11.5 Å². The van der Waals surface area contributed by atoms with E-state index in [-0.39, 0.29) is 37.4 Å². The van der Waals surface area contributed by atoms with Crippen LogP contribution in [-0.2, 0) is 9.59 Å². The summed E-state index contributed by atoms with van der Waals surface area (Å²) >= 11 is 0. The zero-order valence-corrected chi connectivity index (χ0v) is 18.6. The first-order chi connectivity index (χ1) is 15.4. The zero-order valence-electron chi connectivity index (χ0n) is 18.6. The number of piperidine rings is 1. The van der Waals surface area contributed by atoms with Crippen molar-refractivity contribution in [2.75, 3.05) is 37.7 Å². The molecule has 168 valence electrons. The van der Waals surface area contributed by atoms with Crippen LogP contribution in [-0.4, -0.2) is 55.3 Å². The lowest BCUT2D eigenvalue weighted by Crippen LogP contribution is -2.47. The molecule has 2 amide bonds. The number of likely N-dealkylation sites (tertiary alicyclic amines) is 1. The van der Waals surface area contributed by atoms with E-state index in [1.165, 1.54) is 4.90 Å². The fourth-order valence-electron chi connectivity index (χ4n) is 4.18. The van der Waals surface area contributed by atoms with Crippen molar-refractivity contribution in [1.82, 2.24) is 4.90 Å². The van der Waals surface area contributed by atoms with Crippen molar-refractivity contribution in [2.24, 2.45) is 0 Å². The highest BCUT2D eigenvalue weighted by Crippen LogP contribution is 2.33. The number of fused-ring (bicyclic) bond motifs is 1. The molecule has 0 radical (unpaired) electrons. The zero-order chi connectivity index (χ0) is 22.7. The summed E-state index contributed by atoms with van der Waals surface area (Å²) < 4.78 is 11.3. The summed E-state index contributed by atoms with van der Waals surface area (Å²) in [5.41, 5.74) is 2.78. The number of Topliss-reactive ketones (excluding diaryl/α,β-unsaturated/α-hetero) is 1. The predicted octanol–water partition coefficient (Wildman–Crippen LogP) is 3.30. The summed E-state index contributed by atoms with van der Waals surface area (Å²) in [7, 11) is 0. The molecular weight excluding hydrogens is 408 g/mol. The van der Waals surface area contributed by atoms with Gasteiger partial charge in [0.15, 0.2) is 19.0 Å². The maximum Gasteiger partial charge on any atom is 0.265 e. The predicted molar refractivity (Wildman–Crippen MR) is 120 cm³/mol. The largest absolute Gasteiger partial charge is 0.485 e. The van der Waals surface area contributed by atoms with Crippen LogP contribution in [0.25, 0.3) is 0 Å². The van der Waals surface area contributed by atoms with Crippen LogP contribution in [0, 0.1) is 13.8 Å². The van der Waals surface area contributed by atoms with Gasteiger partial charge in [0.1, 0.15) is 18.0 Å². The number of hydrogen-bond donors (Lipinski definition) is 0. The number of para-hydroxylation sites is 1. The van der Waals surface area contributed by atoms with Gasteiger partial charge in [0.2, 0.25) is 5.91 Å². The van der Waals surface area contributed by atoms with Crippen molar-refractivity contribution >= 4 is 23.3 Å². The highest BCUT2D eigenvalue weighted by molar-refractivity contribution is 6.04. The smallest absolute Gasteiger partial charge is 0.265 e. The second-order valence-corrected chi connectivity index (χ2v) is 8.33. The molecular formula is C25H28N2O5. The monoisotopic (exact) mass is 436 g/mol. The van der Waals surface area contributed by atoms with E-state index in [1.54, 1.807) is 23.1 Å². The second-order valence-electron chi connectivity index (χ2n) is 8.33. The topological polar surface area (TPSA) is 76.2 Å². The van der Waals surface area contributed by atoms with Crippen LogP contribution in [0.5, 0.6) is 11.5 Å². The fraction of sp³-hybridized carbons (Fsp3) is 0.400. The Hall–Kier alpha value is -3.35. The number of carbonyl (C=O) groups is 3. The van der Waals surface area contributed by atoms with E-state index in [0.29, 0.717) is 22.7 Å². The lowest BCUT2D eigenvalue weighted by Gasteiger charge is -2.32. The average Bonchev–Trinajstić information content (AvgIpc) is 2.80. The molecule has 0 N–H and O–H groups in total. The minimum Gasteiger partial charge on any atom is -0.485 e. The quantitative estimate of drug-likeness (QED) is 0.650. The minimum atomic E-state index is -0.292. The first kappa shape index (κ1) is 21.9. The third kappa shape index (κ3) is 4.61. The molecule has 0 aromatic heterocycles. The SMILES string of the molecule is Cc1cccc(C)c1OCC(=O)c1ccc2c(c1)N(CC(=O)N1CCCCC1)C(=O)CO2. The lowest BCUT2D eigenvalue weighted by atomic mass is 10.1. The van der Waals surface area contributed by atoms with Crippen LogP contribution < -0.4 is 14.4 Å². The fourth-order valence-corrected chi connectivity index (χ4v) is 4.18. The van der Waals surface area contributed by atoms with E-state index in [0.717, 1.165) is 43.5 Å². The van der Waals surface area contributed by atoms with Crippen molar-refractivity contribution < 1.29 is 23.9 Å². The van der Waals surface area contributed by atoms with Crippen LogP contribution in [0.15, 0.2) is 36.4 Å². The molecule has 0 saturated carbocycles. The number of anilines is 1. The van der Waals surface area contributed by atoms with Gasteiger partial charge in [0.05, 0.1) is 5.69 Å². The molecule has 2 aliphatic heterocycles. The van der Waals surface area contributed by atoms with E-state index < -0.39 is 0 Å². The highest BCUT2D eigenvalue weighted by Gasteiger charge is 2.30. The van der Waals surface area contributed by atoms with Gasteiger partial charge in [-0.2, -0.15) is 0 Å². The maximum atomic E-state index is 12.8. The van der Waals surface area contributed by atoms with E-state index in [1.807, 2.05) is 32.0 Å². The number of amides is 2. The van der Waals surface area contributed by atoms with Crippen molar-refractivity contribution in [1.29, 1.82) is 0 Å². The number of carbonyl (C=O) groups excluding carboxylic acids is 3. The van der Waals surface area contributed by atoms with Crippen LogP contribution >= 0.6 is 0 Å². The molecule has 0 spiro atoms. The Balaban J connectivity index is 1.50. The van der Waals surface area contributed by atoms with Gasteiger partial charge in [-0.05, 0) is 62.4 Å². The number of nitrogens with zero attached hydrogens (tertiary/aromatic N) is 2. The molecule has 1 fully saturated rings. The molecule has 2 aliphatic rings. The van der Waals surface area contributed by atoms with Crippen LogP contribution in [0.2, 0.25) is 0 Å². The van der Waals surface area contributed by atoms with Gasteiger partial charge in [0, 0.05) is 18.7 Å². The maximum absolute atomic E-state index is 12.8. The Morgan fingerprint density at radius 3 is 2.47 bits per heavy atom. The first-order valence-electron chi connectivity index (χ1n) is 11.0. The summed E-state index contributed by atoms with van der Waals surface area (Å²) in [6, 6.07) is 10.8. The van der Waals surface area contributed by atoms with Crippen LogP contribution in [0.1, 0.15) is 40.7 Å². The molecule has 2 aromatic carbocycles. The number of benzene rings is 2. The average molecular weight is 437 g/mol. The summed E-state index contributed by atoms with van der Waals surface area (Å²) in [6.45, 7) is 5.02. The third-order valence-corrected chi connectivity index (χ3v) is 5.98. The summed E-state index contributed by atoms with van der Waals surface area (Å²) in [5.74, 6) is 0.602. The molecule has 32 heavy (non-hydrogen) atoms. The molecule has 7 nitrogen and oxygen atoms in total. The van der Waals surface area contributed by atoms with E-state index in [9.17, 15) is 14.4 Å². The second kappa shape index (κ2) is 9.42. The molecule has 1 saturated heterocycles. The van der Waals surface area contributed by atoms with E-state index >= 15 is 0 Å². The van der Waals surface area contributed by atoms with Gasteiger partial charge in [-0.15, -0.1) is 0 Å². The number of ketones is 1. The molecule has 0 atom stereocenters. The molecule has 0 bridgehead atoms. The van der Waals surface area contributed by atoms with Crippen LogP contribution in [0.4, 0.5) is 5.69 Å². The number of rotatable bonds is 6. The number of ether oxygens (including phenoxy) is 2. The van der Waals surface area contributed by atoms with E-state index in [4.69, 9.17) is 9.47 Å². The molecule has 7 heteroatoms. The van der Waals surface area contributed by atoms with Crippen molar-refractivity contribution in [3.63, 3.8) is 0 Å². The lowest BCUT2D eigenvalue weighted by molar-refractivity contribution is -0.132. The minimum absolute atomic E-state index is 0.0499. The Morgan fingerprint density at radius 1 is 1.03 bits per heavy atom. The van der Waals surface area contributed by atoms with Gasteiger partial charge in [-0.1, -0.05) is 18.2 Å². The van der Waals surface area contributed by atoms with Gasteiger partial charge < -0.3 is 14.4 Å². The van der Waals surface area contributed by atoms with Gasteiger partial charge in [-0.25, -0.2) is 0 Å². The first-order valence-corrected chi connectivity index (χ1v) is 11.0. The Bertz CT molecular complexity index is 1020. The van der Waals surface area contributed by atoms with Gasteiger partial charge in [-0.3, -0.25) is 19.3 Å². The number of hydrogen-bond acceptors (Lipinski definition) is 5. The Kier molecular flexibility index (Phi) is 6.44. The summed E-state index contributed by atoms with van der Waals surface area (Å²) in [5, 5.41) is 0. The molecule has 4 rings (SSSR count). The summed E-state index contributed by atoms with van der Waals surface area (Å²) in [4.78, 5) is 41.4. The Labute approximate surface area is 187 Å². The summed E-state index contributed by atoms with van der Waals surface area (Å²) in [6.07, 6.45) is 3.09. The molecule has 2 aromatic rings. The third-order valence-electron chi connectivity index (χ3n) is 5.98. The van der Waals surface area contributed by atoms with Gasteiger partial charge >= 0.3 is 0 Å². The Morgan fingerprint density at radius 2 is 1.75 bits per heavy atom. The highest BCUT2D eigenvalue weighted by atomic mass is 16.5. The normalized spacial score (nSPS) is 15.8. The standard InChI is InChI=1S/C25H28N2O5/c1-17-7-6-8-18(2)25(17)32-15-21(28)19-9-10-22-20(13-19)27(24(30)16-31-22)14-23(29)26-11-4-3-5-12-26/h6-10,13H,3-5,11-12,14-16H2,1-2H3. The number of aryl methyl sites for hydroxylation is 2. The molecule has 2 heterocycles. The molecule has 0 unspecified atom stereocenters. The van der Waals surface area contributed by atoms with Crippen molar-refractivity contribution in [3.05, 3.63) is 53.1 Å². The van der Waals surface area contributed by atoms with Crippen LogP contribution in [0.3, 0.4) is 0 Å². The molecule has 0 aliphatic carbocycles.